The number of hydrogen-bond acceptors (Lipinski definition) is 5. The molecular weight excluding hydrogens is 342 g/mol. The lowest BCUT2D eigenvalue weighted by Gasteiger charge is -2.54. The molecule has 2 fully saturated rings. The zero-order valence-electron chi connectivity index (χ0n) is 16.5. The first-order valence-corrected chi connectivity index (χ1v) is 9.94. The van der Waals surface area contributed by atoms with Crippen molar-refractivity contribution in [2.75, 3.05) is 25.2 Å². The van der Waals surface area contributed by atoms with Gasteiger partial charge in [0.15, 0.2) is 5.58 Å². The average molecular weight is 371 g/mol. The van der Waals surface area contributed by atoms with Crippen molar-refractivity contribution >= 4 is 23.0 Å². The third kappa shape index (κ3) is 3.43. The molecule has 1 unspecified atom stereocenters. The number of hydrogen-bond donors (Lipinski definition) is 1. The summed E-state index contributed by atoms with van der Waals surface area (Å²) in [4.78, 5) is 19.3. The largest absolute Gasteiger partial charge is 0.423 e. The predicted molar refractivity (Wildman–Crippen MR) is 105 cm³/mol. The summed E-state index contributed by atoms with van der Waals surface area (Å²) in [6.07, 6.45) is 5.79. The Hall–Kier alpha value is -2.08. The van der Waals surface area contributed by atoms with E-state index in [1.807, 2.05) is 0 Å². The van der Waals surface area contributed by atoms with E-state index in [-0.39, 0.29) is 17.5 Å². The van der Waals surface area contributed by atoms with E-state index in [2.05, 4.69) is 36.2 Å². The number of amides is 1. The summed E-state index contributed by atoms with van der Waals surface area (Å²) in [5, 5.41) is 3.20. The molecule has 1 saturated heterocycles. The number of anilines is 1. The number of carbonyl (C=O) groups is 1. The highest BCUT2D eigenvalue weighted by atomic mass is 16.5. The molecule has 2 aromatic rings. The van der Waals surface area contributed by atoms with Crippen molar-refractivity contribution in [3.8, 4) is 0 Å². The van der Waals surface area contributed by atoms with Gasteiger partial charge < -0.3 is 19.4 Å². The topological polar surface area (TPSA) is 67.6 Å². The van der Waals surface area contributed by atoms with Crippen LogP contribution in [0.5, 0.6) is 0 Å². The van der Waals surface area contributed by atoms with Gasteiger partial charge in [0, 0.05) is 31.7 Å². The molecule has 6 nitrogen and oxygen atoms in total. The molecule has 6 heteroatoms. The summed E-state index contributed by atoms with van der Waals surface area (Å²) in [6, 6.07) is 5.19. The van der Waals surface area contributed by atoms with E-state index in [4.69, 9.17) is 14.1 Å². The molecular formula is C21H29N3O3. The Kier molecular flexibility index (Phi) is 4.84. The number of piperidine rings is 1. The maximum atomic E-state index is 12.1. The van der Waals surface area contributed by atoms with Crippen LogP contribution in [0.3, 0.4) is 0 Å². The Morgan fingerprint density at radius 1 is 1.41 bits per heavy atom. The van der Waals surface area contributed by atoms with E-state index in [0.29, 0.717) is 13.0 Å². The van der Waals surface area contributed by atoms with Gasteiger partial charge in [-0.1, -0.05) is 6.07 Å². The fourth-order valence-electron chi connectivity index (χ4n) is 4.65. The molecule has 0 bridgehead atoms. The van der Waals surface area contributed by atoms with Gasteiger partial charge in [-0.25, -0.2) is 0 Å². The second-order valence-corrected chi connectivity index (χ2v) is 8.16. The minimum Gasteiger partial charge on any atom is -0.423 e. The third-order valence-corrected chi connectivity index (χ3v) is 6.12. The van der Waals surface area contributed by atoms with Crippen LogP contribution in [0.1, 0.15) is 49.7 Å². The number of fused-ring (bicyclic) bond motifs is 1. The maximum Gasteiger partial charge on any atom is 0.298 e. The van der Waals surface area contributed by atoms with Crippen molar-refractivity contribution in [2.45, 2.75) is 64.0 Å². The molecule has 1 spiro atoms. The van der Waals surface area contributed by atoms with E-state index in [1.54, 1.807) is 7.11 Å². The lowest BCUT2D eigenvalue weighted by molar-refractivity contribution is -0.123. The summed E-state index contributed by atoms with van der Waals surface area (Å²) in [5.74, 6) is 0.0812. The summed E-state index contributed by atoms with van der Waals surface area (Å²) in [5.41, 5.74) is 4.23. The van der Waals surface area contributed by atoms with Crippen LogP contribution in [0, 0.1) is 13.8 Å². The Labute approximate surface area is 160 Å². The lowest BCUT2D eigenvalue weighted by Crippen LogP contribution is -2.62. The molecule has 2 heterocycles. The number of oxazole rings is 1. The van der Waals surface area contributed by atoms with Crippen LogP contribution in [0.2, 0.25) is 0 Å². The molecule has 0 radical (unpaired) electrons. The van der Waals surface area contributed by atoms with Crippen molar-refractivity contribution in [3.63, 3.8) is 0 Å². The molecule has 1 saturated carbocycles. The number of methoxy groups -OCH3 is 1. The molecule has 1 amide bonds. The van der Waals surface area contributed by atoms with Gasteiger partial charge in [-0.05, 0) is 63.1 Å². The van der Waals surface area contributed by atoms with Crippen LogP contribution in [0.4, 0.5) is 6.01 Å². The van der Waals surface area contributed by atoms with Gasteiger partial charge in [-0.15, -0.1) is 0 Å². The minimum atomic E-state index is 0.0707. The predicted octanol–water partition coefficient (Wildman–Crippen LogP) is 3.49. The van der Waals surface area contributed by atoms with Gasteiger partial charge in [0.2, 0.25) is 5.91 Å². The molecule has 2 aliphatic rings. The summed E-state index contributed by atoms with van der Waals surface area (Å²) >= 11 is 0. The number of aromatic nitrogens is 1. The standard InChI is InChI=1S/C21H29N3O3/c1-14-11-15(2)19-17(12-14)23-20(27-19)24-9-5-16(13-21(24)7-4-8-21)22-18(25)6-10-26-3/h11-12,16H,4-10,13H2,1-3H3,(H,22,25). The fraction of sp³-hybridized carbons (Fsp3) is 0.619. The van der Waals surface area contributed by atoms with Crippen LogP contribution < -0.4 is 10.2 Å². The number of rotatable bonds is 5. The Morgan fingerprint density at radius 2 is 2.22 bits per heavy atom. The van der Waals surface area contributed by atoms with Crippen molar-refractivity contribution in [1.82, 2.24) is 10.3 Å². The van der Waals surface area contributed by atoms with E-state index >= 15 is 0 Å². The van der Waals surface area contributed by atoms with Crippen molar-refractivity contribution in [3.05, 3.63) is 23.3 Å². The molecule has 4 rings (SSSR count). The lowest BCUT2D eigenvalue weighted by atomic mass is 9.69. The van der Waals surface area contributed by atoms with Crippen molar-refractivity contribution in [2.24, 2.45) is 0 Å². The van der Waals surface area contributed by atoms with Crippen LogP contribution in [0.25, 0.3) is 11.1 Å². The quantitative estimate of drug-likeness (QED) is 0.871. The SMILES string of the molecule is COCCC(=O)NC1CCN(c2nc3cc(C)cc(C)c3o2)C2(CCC2)C1. The number of nitrogens with one attached hydrogen (secondary N) is 1. The summed E-state index contributed by atoms with van der Waals surface area (Å²) < 4.78 is 11.2. The monoisotopic (exact) mass is 371 g/mol. The highest BCUT2D eigenvalue weighted by molar-refractivity contribution is 5.79. The highest BCUT2D eigenvalue weighted by Crippen LogP contribution is 2.46. The van der Waals surface area contributed by atoms with Gasteiger partial charge in [-0.2, -0.15) is 4.98 Å². The van der Waals surface area contributed by atoms with Crippen LogP contribution in [-0.2, 0) is 9.53 Å². The Bertz CT molecular complexity index is 841. The van der Waals surface area contributed by atoms with Gasteiger partial charge >= 0.3 is 0 Å². The smallest absolute Gasteiger partial charge is 0.298 e. The molecule has 1 N–H and O–H groups in total. The number of nitrogens with zero attached hydrogens (tertiary/aromatic N) is 2. The fourth-order valence-corrected chi connectivity index (χ4v) is 4.65. The molecule has 1 aliphatic carbocycles. The first-order valence-electron chi connectivity index (χ1n) is 9.94. The highest BCUT2D eigenvalue weighted by Gasteiger charge is 2.48. The number of ether oxygens (including phenoxy) is 1. The van der Waals surface area contributed by atoms with Gasteiger partial charge in [0.25, 0.3) is 6.01 Å². The molecule has 1 aromatic carbocycles. The van der Waals surface area contributed by atoms with E-state index in [0.717, 1.165) is 54.9 Å². The second-order valence-electron chi connectivity index (χ2n) is 8.16. The van der Waals surface area contributed by atoms with Crippen LogP contribution >= 0.6 is 0 Å². The van der Waals surface area contributed by atoms with Gasteiger partial charge in [0.05, 0.1) is 6.61 Å². The number of carbonyl (C=O) groups excluding carboxylic acids is 1. The van der Waals surface area contributed by atoms with Crippen molar-refractivity contribution in [1.29, 1.82) is 0 Å². The molecule has 1 atom stereocenters. The molecule has 146 valence electrons. The Balaban J connectivity index is 1.53. The van der Waals surface area contributed by atoms with E-state index in [1.165, 1.54) is 12.0 Å². The molecule has 1 aromatic heterocycles. The number of aryl methyl sites for hydroxylation is 2. The van der Waals surface area contributed by atoms with E-state index in [9.17, 15) is 4.79 Å². The molecule has 27 heavy (non-hydrogen) atoms. The van der Waals surface area contributed by atoms with Crippen molar-refractivity contribution < 1.29 is 13.9 Å². The third-order valence-electron chi connectivity index (χ3n) is 6.12. The van der Waals surface area contributed by atoms with Crippen LogP contribution in [0.15, 0.2) is 16.5 Å². The first kappa shape index (κ1) is 18.3. The summed E-state index contributed by atoms with van der Waals surface area (Å²) in [7, 11) is 1.62. The second kappa shape index (κ2) is 7.15. The summed E-state index contributed by atoms with van der Waals surface area (Å²) in [6.45, 7) is 5.49. The maximum absolute atomic E-state index is 12.1. The Morgan fingerprint density at radius 3 is 2.93 bits per heavy atom. The van der Waals surface area contributed by atoms with E-state index < -0.39 is 0 Å². The normalized spacial score (nSPS) is 21.4. The van der Waals surface area contributed by atoms with Gasteiger partial charge in [0.1, 0.15) is 5.52 Å². The number of benzene rings is 1. The van der Waals surface area contributed by atoms with Crippen LogP contribution in [-0.4, -0.2) is 42.7 Å². The molecule has 1 aliphatic heterocycles. The average Bonchev–Trinajstić information content (AvgIpc) is 3.02. The first-order chi connectivity index (χ1) is 13.0. The zero-order chi connectivity index (χ0) is 19.0. The van der Waals surface area contributed by atoms with Gasteiger partial charge in [-0.3, -0.25) is 4.79 Å². The minimum absolute atomic E-state index is 0.0707. The zero-order valence-corrected chi connectivity index (χ0v) is 16.5.